The third-order valence-corrected chi connectivity index (χ3v) is 1.86. The maximum Gasteiger partial charge on any atom is 0.336 e. The topological polar surface area (TPSA) is 55.8 Å². The molecule has 88 valence electrons. The molecule has 0 heterocycles. The van der Waals surface area contributed by atoms with Crippen LogP contribution in [0.2, 0.25) is 0 Å². The highest BCUT2D eigenvalue weighted by atomic mass is 19.1. The summed E-state index contributed by atoms with van der Waals surface area (Å²) in [5, 5.41) is 8.76. The van der Waals surface area contributed by atoms with Crippen molar-refractivity contribution < 1.29 is 23.8 Å². The number of halogens is 1. The molecular formula is C11H13FO4. The summed E-state index contributed by atoms with van der Waals surface area (Å²) in [6, 6.07) is 5.35. The molecule has 1 unspecified atom stereocenters. The van der Waals surface area contributed by atoms with Gasteiger partial charge in [-0.3, -0.25) is 0 Å². The van der Waals surface area contributed by atoms with Crippen LogP contribution in [-0.2, 0) is 9.53 Å². The molecule has 1 atom stereocenters. The van der Waals surface area contributed by atoms with Crippen molar-refractivity contribution in [2.75, 3.05) is 13.2 Å². The van der Waals surface area contributed by atoms with Gasteiger partial charge in [-0.2, -0.15) is 0 Å². The van der Waals surface area contributed by atoms with E-state index in [0.29, 0.717) is 12.4 Å². The van der Waals surface area contributed by atoms with Crippen LogP contribution in [0.1, 0.15) is 6.92 Å². The van der Waals surface area contributed by atoms with Crippen LogP contribution in [0.25, 0.3) is 0 Å². The zero-order valence-electron chi connectivity index (χ0n) is 8.85. The Labute approximate surface area is 92.6 Å². The van der Waals surface area contributed by atoms with Crippen molar-refractivity contribution in [1.29, 1.82) is 0 Å². The Morgan fingerprint density at radius 1 is 1.44 bits per heavy atom. The lowest BCUT2D eigenvalue weighted by atomic mass is 10.3. The first-order valence-corrected chi connectivity index (χ1v) is 4.86. The van der Waals surface area contributed by atoms with Crippen molar-refractivity contribution in [3.8, 4) is 5.75 Å². The molecule has 1 aromatic rings. The highest BCUT2D eigenvalue weighted by Crippen LogP contribution is 2.11. The summed E-state index contributed by atoms with van der Waals surface area (Å²) < 4.78 is 22.7. The van der Waals surface area contributed by atoms with Gasteiger partial charge < -0.3 is 14.6 Å². The maximum atomic E-state index is 12.6. The van der Waals surface area contributed by atoms with Crippen LogP contribution in [0.5, 0.6) is 5.75 Å². The number of hydrogen-bond acceptors (Lipinski definition) is 3. The van der Waals surface area contributed by atoms with E-state index in [4.69, 9.17) is 14.6 Å². The standard InChI is InChI=1S/C11H13FO4/c1-2-15-10(11(13)14)7-16-9-5-3-8(12)4-6-9/h3-6,10H,2,7H2,1H3,(H,13,14). The molecule has 5 heteroatoms. The molecule has 4 nitrogen and oxygen atoms in total. The molecule has 0 amide bonds. The molecule has 16 heavy (non-hydrogen) atoms. The molecule has 0 radical (unpaired) electrons. The second-order valence-corrected chi connectivity index (χ2v) is 3.05. The quantitative estimate of drug-likeness (QED) is 0.805. The second kappa shape index (κ2) is 6.07. The van der Waals surface area contributed by atoms with Gasteiger partial charge in [0.1, 0.15) is 18.2 Å². The largest absolute Gasteiger partial charge is 0.490 e. The van der Waals surface area contributed by atoms with Gasteiger partial charge in [0.15, 0.2) is 6.10 Å². The third kappa shape index (κ3) is 3.86. The van der Waals surface area contributed by atoms with Gasteiger partial charge >= 0.3 is 5.97 Å². The normalized spacial score (nSPS) is 12.1. The number of aliphatic carboxylic acids is 1. The van der Waals surface area contributed by atoms with Crippen molar-refractivity contribution in [2.24, 2.45) is 0 Å². The van der Waals surface area contributed by atoms with E-state index >= 15 is 0 Å². The minimum Gasteiger partial charge on any atom is -0.490 e. The van der Waals surface area contributed by atoms with Crippen molar-refractivity contribution in [1.82, 2.24) is 0 Å². The highest BCUT2D eigenvalue weighted by Gasteiger charge is 2.18. The maximum absolute atomic E-state index is 12.6. The number of carboxylic acid groups (broad SMARTS) is 1. The van der Waals surface area contributed by atoms with E-state index in [9.17, 15) is 9.18 Å². The summed E-state index contributed by atoms with van der Waals surface area (Å²) in [4.78, 5) is 10.7. The average molecular weight is 228 g/mol. The summed E-state index contributed by atoms with van der Waals surface area (Å²) in [6.45, 7) is 1.90. The fraction of sp³-hybridized carbons (Fsp3) is 0.364. The molecule has 0 saturated carbocycles. The molecule has 1 rings (SSSR count). The minimum atomic E-state index is -1.08. The van der Waals surface area contributed by atoms with E-state index < -0.39 is 12.1 Å². The van der Waals surface area contributed by atoms with Gasteiger partial charge in [-0.1, -0.05) is 0 Å². The van der Waals surface area contributed by atoms with E-state index in [-0.39, 0.29) is 12.4 Å². The highest BCUT2D eigenvalue weighted by molar-refractivity contribution is 5.72. The molecule has 1 aromatic carbocycles. The van der Waals surface area contributed by atoms with E-state index in [1.165, 1.54) is 24.3 Å². The summed E-state index contributed by atoms with van der Waals surface area (Å²) in [5.74, 6) is -1.04. The number of hydrogen-bond donors (Lipinski definition) is 1. The monoisotopic (exact) mass is 228 g/mol. The fourth-order valence-corrected chi connectivity index (χ4v) is 1.09. The van der Waals surface area contributed by atoms with Gasteiger partial charge in [-0.25, -0.2) is 9.18 Å². The van der Waals surface area contributed by atoms with Crippen molar-refractivity contribution in [2.45, 2.75) is 13.0 Å². The Morgan fingerprint density at radius 2 is 2.06 bits per heavy atom. The summed E-state index contributed by atoms with van der Waals surface area (Å²) in [7, 11) is 0. The molecule has 0 aliphatic carbocycles. The van der Waals surface area contributed by atoms with Gasteiger partial charge in [-0.05, 0) is 31.2 Å². The predicted octanol–water partition coefficient (Wildman–Crippen LogP) is 1.69. The van der Waals surface area contributed by atoms with Gasteiger partial charge in [0, 0.05) is 6.61 Å². The van der Waals surface area contributed by atoms with Gasteiger partial charge in [0.2, 0.25) is 0 Å². The Morgan fingerprint density at radius 3 is 2.56 bits per heavy atom. The number of carboxylic acids is 1. The van der Waals surface area contributed by atoms with E-state index in [2.05, 4.69) is 0 Å². The van der Waals surface area contributed by atoms with Crippen LogP contribution < -0.4 is 4.74 Å². The first-order valence-electron chi connectivity index (χ1n) is 4.86. The van der Waals surface area contributed by atoms with Gasteiger partial charge in [-0.15, -0.1) is 0 Å². The minimum absolute atomic E-state index is 0.102. The molecule has 0 fully saturated rings. The molecule has 1 N–H and O–H groups in total. The number of benzene rings is 1. The summed E-state index contributed by atoms with van der Waals surface area (Å²) >= 11 is 0. The van der Waals surface area contributed by atoms with Crippen LogP contribution in [0.3, 0.4) is 0 Å². The van der Waals surface area contributed by atoms with Crippen LogP contribution in [-0.4, -0.2) is 30.4 Å². The fourth-order valence-electron chi connectivity index (χ4n) is 1.09. The van der Waals surface area contributed by atoms with Crippen LogP contribution in [0.15, 0.2) is 24.3 Å². The smallest absolute Gasteiger partial charge is 0.336 e. The molecule has 0 aromatic heterocycles. The lowest BCUT2D eigenvalue weighted by Gasteiger charge is -2.13. The summed E-state index contributed by atoms with van der Waals surface area (Å²) in [5.41, 5.74) is 0. The zero-order valence-corrected chi connectivity index (χ0v) is 8.85. The SMILES string of the molecule is CCOC(COc1ccc(F)cc1)C(=O)O. The summed E-state index contributed by atoms with van der Waals surface area (Å²) in [6.07, 6.45) is -1.00. The molecule has 0 spiro atoms. The molecular weight excluding hydrogens is 215 g/mol. The van der Waals surface area contributed by atoms with Gasteiger partial charge in [0.25, 0.3) is 0 Å². The van der Waals surface area contributed by atoms with E-state index in [1.54, 1.807) is 6.92 Å². The lowest BCUT2D eigenvalue weighted by Crippen LogP contribution is -2.30. The molecule has 0 bridgehead atoms. The average Bonchev–Trinajstić information content (AvgIpc) is 2.26. The first kappa shape index (κ1) is 12.4. The van der Waals surface area contributed by atoms with E-state index in [1.807, 2.05) is 0 Å². The molecule has 0 aliphatic heterocycles. The number of ether oxygens (including phenoxy) is 2. The van der Waals surface area contributed by atoms with Crippen molar-refractivity contribution in [3.05, 3.63) is 30.1 Å². The number of rotatable bonds is 6. The van der Waals surface area contributed by atoms with Crippen molar-refractivity contribution in [3.63, 3.8) is 0 Å². The van der Waals surface area contributed by atoms with Crippen LogP contribution in [0, 0.1) is 5.82 Å². The first-order chi connectivity index (χ1) is 7.63. The number of carbonyl (C=O) groups is 1. The Hall–Kier alpha value is -1.62. The Kier molecular flexibility index (Phi) is 4.72. The zero-order chi connectivity index (χ0) is 12.0. The second-order valence-electron chi connectivity index (χ2n) is 3.05. The Bertz CT molecular complexity index is 336. The molecule has 0 saturated heterocycles. The van der Waals surface area contributed by atoms with Gasteiger partial charge in [0.05, 0.1) is 0 Å². The lowest BCUT2D eigenvalue weighted by molar-refractivity contribution is -0.152. The van der Waals surface area contributed by atoms with Crippen LogP contribution >= 0.6 is 0 Å². The van der Waals surface area contributed by atoms with Crippen LogP contribution in [0.4, 0.5) is 4.39 Å². The third-order valence-electron chi connectivity index (χ3n) is 1.86. The molecule has 0 aliphatic rings. The van der Waals surface area contributed by atoms with Crippen molar-refractivity contribution >= 4 is 5.97 Å². The predicted molar refractivity (Wildman–Crippen MR) is 54.9 cm³/mol. The van der Waals surface area contributed by atoms with E-state index in [0.717, 1.165) is 0 Å². The Balaban J connectivity index is 2.48.